The molecule has 1 N–H and O–H groups in total. The zero-order chi connectivity index (χ0) is 17.3. The zero-order valence-electron chi connectivity index (χ0n) is 16.4. The minimum atomic E-state index is -1.38. The van der Waals surface area contributed by atoms with Crippen molar-refractivity contribution in [3.8, 4) is 0 Å². The molecule has 1 heterocycles. The summed E-state index contributed by atoms with van der Waals surface area (Å²) in [6.07, 6.45) is 3.83. The van der Waals surface area contributed by atoms with Crippen molar-refractivity contribution in [2.75, 3.05) is 32.8 Å². The van der Waals surface area contributed by atoms with Gasteiger partial charge in [0.05, 0.1) is 8.07 Å². The Morgan fingerprint density at radius 3 is 2.39 bits per heavy atom. The van der Waals surface area contributed by atoms with E-state index in [0.717, 1.165) is 19.3 Å². The molecule has 0 aromatic rings. The number of likely N-dealkylation sites (tertiary alicyclic amines) is 1. The summed E-state index contributed by atoms with van der Waals surface area (Å²) in [6, 6.07) is 1.86. The topological polar surface area (TPSA) is 33.7 Å². The first-order valence-electron chi connectivity index (χ1n) is 9.58. The van der Waals surface area contributed by atoms with E-state index >= 15 is 0 Å². The molecule has 0 aliphatic carbocycles. The van der Waals surface area contributed by atoms with Crippen molar-refractivity contribution in [3.05, 3.63) is 0 Å². The molecular formula is C17H40N2O2Si2. The summed E-state index contributed by atoms with van der Waals surface area (Å²) in [7, 11) is -2.44. The first kappa shape index (κ1) is 21.3. The average Bonchev–Trinajstić information content (AvgIpc) is 2.90. The zero-order valence-corrected chi connectivity index (χ0v) is 18.5. The van der Waals surface area contributed by atoms with E-state index in [1.165, 1.54) is 38.9 Å². The summed E-state index contributed by atoms with van der Waals surface area (Å²) in [5, 5.41) is 3.88. The molecule has 1 rings (SSSR count). The Hall–Kier alpha value is 0.274. The summed E-state index contributed by atoms with van der Waals surface area (Å²) >= 11 is 0. The quantitative estimate of drug-likeness (QED) is 0.428. The van der Waals surface area contributed by atoms with Gasteiger partial charge in [0.15, 0.2) is 0 Å². The third-order valence-electron chi connectivity index (χ3n) is 4.93. The molecule has 138 valence electrons. The van der Waals surface area contributed by atoms with Gasteiger partial charge in [0.1, 0.15) is 0 Å². The van der Waals surface area contributed by atoms with Gasteiger partial charge in [0.2, 0.25) is 0 Å². The van der Waals surface area contributed by atoms with Crippen LogP contribution in [-0.2, 0) is 8.85 Å². The second-order valence-electron chi connectivity index (χ2n) is 7.88. The molecule has 1 saturated heterocycles. The number of hydrogen-bond donors (Lipinski definition) is 1. The molecule has 1 aliphatic heterocycles. The number of rotatable bonds is 12. The minimum absolute atomic E-state index is 0.700. The standard InChI is InChI=1S/C17H40N2O2Si2/c1-7-20-22(21-8-2)14-10-9-12-19-13-11-17(15-19)18-16(3)23(4,5)6/h16-18,22H,7-15H2,1-6H3. The van der Waals surface area contributed by atoms with Gasteiger partial charge in [-0.1, -0.05) is 33.0 Å². The van der Waals surface area contributed by atoms with Crippen molar-refractivity contribution in [1.82, 2.24) is 10.2 Å². The van der Waals surface area contributed by atoms with Crippen LogP contribution in [0.25, 0.3) is 0 Å². The summed E-state index contributed by atoms with van der Waals surface area (Å²) < 4.78 is 11.5. The van der Waals surface area contributed by atoms with Gasteiger partial charge in [0, 0.05) is 25.8 Å². The fourth-order valence-electron chi connectivity index (χ4n) is 3.01. The second kappa shape index (κ2) is 11.0. The lowest BCUT2D eigenvalue weighted by atomic mass is 10.2. The van der Waals surface area contributed by atoms with E-state index in [2.05, 4.69) is 50.6 Å². The Labute approximate surface area is 147 Å². The molecule has 0 radical (unpaired) electrons. The van der Waals surface area contributed by atoms with Gasteiger partial charge in [-0.15, -0.1) is 0 Å². The van der Waals surface area contributed by atoms with Crippen LogP contribution < -0.4 is 5.32 Å². The first-order valence-corrected chi connectivity index (χ1v) is 14.9. The van der Waals surface area contributed by atoms with Crippen LogP contribution in [-0.4, -0.2) is 66.8 Å². The lowest BCUT2D eigenvalue weighted by Gasteiger charge is -2.29. The van der Waals surface area contributed by atoms with Crippen LogP contribution in [0.4, 0.5) is 0 Å². The Morgan fingerprint density at radius 2 is 1.83 bits per heavy atom. The molecule has 0 aromatic heterocycles. The highest BCUT2D eigenvalue weighted by atomic mass is 28.3. The molecule has 0 spiro atoms. The molecule has 6 heteroatoms. The lowest BCUT2D eigenvalue weighted by molar-refractivity contribution is 0.212. The fourth-order valence-corrected chi connectivity index (χ4v) is 5.54. The van der Waals surface area contributed by atoms with Gasteiger partial charge >= 0.3 is 9.28 Å². The molecule has 0 saturated carbocycles. The largest absolute Gasteiger partial charge is 0.397 e. The number of hydrogen-bond acceptors (Lipinski definition) is 4. The number of nitrogens with one attached hydrogen (secondary N) is 1. The smallest absolute Gasteiger partial charge is 0.321 e. The van der Waals surface area contributed by atoms with Crippen LogP contribution in [0.2, 0.25) is 25.7 Å². The summed E-state index contributed by atoms with van der Waals surface area (Å²) in [5.74, 6) is 0. The van der Waals surface area contributed by atoms with Gasteiger partial charge in [-0.2, -0.15) is 0 Å². The molecule has 0 bridgehead atoms. The monoisotopic (exact) mass is 360 g/mol. The SMILES string of the molecule is CCO[SiH](CCCCN1CCC(NC(C)[Si](C)(C)C)C1)OCC. The predicted molar refractivity (Wildman–Crippen MR) is 105 cm³/mol. The third-order valence-corrected chi connectivity index (χ3v) is 9.98. The van der Waals surface area contributed by atoms with E-state index in [9.17, 15) is 0 Å². The Balaban J connectivity index is 2.15. The van der Waals surface area contributed by atoms with Gasteiger partial charge in [-0.3, -0.25) is 0 Å². The fraction of sp³-hybridized carbons (Fsp3) is 1.00. The molecular weight excluding hydrogens is 320 g/mol. The summed E-state index contributed by atoms with van der Waals surface area (Å²) in [5.41, 5.74) is 0.705. The van der Waals surface area contributed by atoms with Crippen molar-refractivity contribution in [1.29, 1.82) is 0 Å². The summed E-state index contributed by atoms with van der Waals surface area (Å²) in [6.45, 7) is 19.2. The molecule has 0 amide bonds. The van der Waals surface area contributed by atoms with Crippen LogP contribution in [0.3, 0.4) is 0 Å². The Bertz CT molecular complexity index is 307. The first-order chi connectivity index (χ1) is 10.9. The van der Waals surface area contributed by atoms with Gasteiger partial charge in [-0.05, 0) is 51.5 Å². The molecule has 23 heavy (non-hydrogen) atoms. The highest BCUT2D eigenvalue weighted by Crippen LogP contribution is 2.15. The van der Waals surface area contributed by atoms with E-state index in [1.807, 2.05) is 0 Å². The van der Waals surface area contributed by atoms with E-state index in [-0.39, 0.29) is 0 Å². The van der Waals surface area contributed by atoms with Crippen molar-refractivity contribution in [2.24, 2.45) is 0 Å². The van der Waals surface area contributed by atoms with Crippen LogP contribution in [0.1, 0.15) is 40.0 Å². The highest BCUT2D eigenvalue weighted by molar-refractivity contribution is 6.77. The maximum atomic E-state index is 5.74. The Morgan fingerprint density at radius 1 is 1.17 bits per heavy atom. The van der Waals surface area contributed by atoms with E-state index in [4.69, 9.17) is 8.85 Å². The van der Waals surface area contributed by atoms with E-state index < -0.39 is 17.4 Å². The molecule has 4 nitrogen and oxygen atoms in total. The van der Waals surface area contributed by atoms with E-state index in [1.54, 1.807) is 0 Å². The van der Waals surface area contributed by atoms with Gasteiger partial charge in [-0.25, -0.2) is 0 Å². The maximum Gasteiger partial charge on any atom is 0.321 e. The van der Waals surface area contributed by atoms with Crippen LogP contribution in [0.5, 0.6) is 0 Å². The number of unbranched alkanes of at least 4 members (excludes halogenated alkanes) is 1. The molecule has 2 unspecified atom stereocenters. The number of nitrogens with zero attached hydrogens (tertiary/aromatic N) is 1. The molecule has 2 atom stereocenters. The highest BCUT2D eigenvalue weighted by Gasteiger charge is 2.28. The van der Waals surface area contributed by atoms with Crippen molar-refractivity contribution in [3.63, 3.8) is 0 Å². The lowest BCUT2D eigenvalue weighted by Crippen LogP contribution is -2.51. The summed E-state index contributed by atoms with van der Waals surface area (Å²) in [4.78, 5) is 2.63. The average molecular weight is 361 g/mol. The van der Waals surface area contributed by atoms with Crippen LogP contribution in [0, 0.1) is 0 Å². The van der Waals surface area contributed by atoms with Crippen LogP contribution in [0.15, 0.2) is 0 Å². The maximum absolute atomic E-state index is 5.74. The molecule has 0 aromatic carbocycles. The van der Waals surface area contributed by atoms with Crippen molar-refractivity contribution < 1.29 is 8.85 Å². The van der Waals surface area contributed by atoms with E-state index in [0.29, 0.717) is 11.7 Å². The van der Waals surface area contributed by atoms with Crippen molar-refractivity contribution >= 4 is 17.4 Å². The molecule has 1 aliphatic rings. The third kappa shape index (κ3) is 8.79. The molecule has 1 fully saturated rings. The normalized spacial score (nSPS) is 21.3. The Kier molecular flexibility index (Phi) is 10.2. The minimum Gasteiger partial charge on any atom is -0.397 e. The van der Waals surface area contributed by atoms with Gasteiger partial charge < -0.3 is 19.1 Å². The van der Waals surface area contributed by atoms with Crippen LogP contribution >= 0.6 is 0 Å². The van der Waals surface area contributed by atoms with Crippen molar-refractivity contribution in [2.45, 2.75) is 77.4 Å². The van der Waals surface area contributed by atoms with Gasteiger partial charge in [0.25, 0.3) is 0 Å². The predicted octanol–water partition coefficient (Wildman–Crippen LogP) is 2.99. The second-order valence-corrected chi connectivity index (χ2v) is 15.6.